The predicted octanol–water partition coefficient (Wildman–Crippen LogP) is 2.11. The molecule has 0 aromatic rings. The van der Waals surface area contributed by atoms with Crippen molar-refractivity contribution in [3.8, 4) is 0 Å². The summed E-state index contributed by atoms with van der Waals surface area (Å²) in [5.74, 6) is -0.483. The Balaban J connectivity index is 2.60. The summed E-state index contributed by atoms with van der Waals surface area (Å²) in [5.41, 5.74) is -0.805. The van der Waals surface area contributed by atoms with E-state index in [9.17, 15) is 22.8 Å². The fraction of sp³-hybridized carbons (Fsp3) is 0.833. The molecule has 0 radical (unpaired) electrons. The number of amides is 2. The molecule has 0 aliphatic heterocycles. The number of esters is 1. The summed E-state index contributed by atoms with van der Waals surface area (Å²) >= 11 is 0. The Morgan fingerprint density at radius 3 is 2.30 bits per heavy atom. The average Bonchev–Trinajstić information content (AvgIpc) is 2.36. The highest BCUT2D eigenvalue weighted by Gasteiger charge is 2.37. The second kappa shape index (κ2) is 6.81. The van der Waals surface area contributed by atoms with Crippen molar-refractivity contribution in [3.63, 3.8) is 0 Å². The number of rotatable bonds is 4. The number of methoxy groups -OCH3 is 1. The Kier molecular flexibility index (Phi) is 5.64. The van der Waals surface area contributed by atoms with Gasteiger partial charge in [-0.05, 0) is 12.8 Å². The summed E-state index contributed by atoms with van der Waals surface area (Å²) in [7, 11) is 1.24. The van der Waals surface area contributed by atoms with Crippen LogP contribution in [-0.4, -0.2) is 37.4 Å². The van der Waals surface area contributed by atoms with Crippen molar-refractivity contribution in [2.75, 3.05) is 13.7 Å². The molecule has 116 valence electrons. The highest BCUT2D eigenvalue weighted by Crippen LogP contribution is 2.31. The molecule has 2 N–H and O–H groups in total. The van der Waals surface area contributed by atoms with E-state index in [2.05, 4.69) is 10.1 Å². The van der Waals surface area contributed by atoms with Crippen molar-refractivity contribution in [2.24, 2.45) is 0 Å². The molecule has 5 nitrogen and oxygen atoms in total. The first-order valence-electron chi connectivity index (χ1n) is 6.46. The van der Waals surface area contributed by atoms with E-state index in [1.54, 1.807) is 5.32 Å². The topological polar surface area (TPSA) is 67.4 Å². The van der Waals surface area contributed by atoms with Gasteiger partial charge in [-0.1, -0.05) is 19.3 Å². The molecule has 1 fully saturated rings. The van der Waals surface area contributed by atoms with Gasteiger partial charge in [0.05, 0.1) is 19.1 Å². The van der Waals surface area contributed by atoms with Crippen LogP contribution in [0.5, 0.6) is 0 Å². The van der Waals surface area contributed by atoms with E-state index >= 15 is 0 Å². The average molecular weight is 296 g/mol. The minimum atomic E-state index is -4.46. The van der Waals surface area contributed by atoms with Crippen molar-refractivity contribution in [1.82, 2.24) is 10.6 Å². The molecule has 0 heterocycles. The fourth-order valence-corrected chi connectivity index (χ4v) is 2.39. The van der Waals surface area contributed by atoms with E-state index in [4.69, 9.17) is 0 Å². The van der Waals surface area contributed by atoms with Crippen LogP contribution in [0.25, 0.3) is 0 Å². The molecule has 0 spiro atoms. The zero-order valence-corrected chi connectivity index (χ0v) is 11.3. The summed E-state index contributed by atoms with van der Waals surface area (Å²) in [5, 5.41) is 4.28. The number of carbonyl (C=O) groups excluding carboxylic acids is 2. The predicted molar refractivity (Wildman–Crippen MR) is 65.0 cm³/mol. The minimum Gasteiger partial charge on any atom is -0.469 e. The third-order valence-corrected chi connectivity index (χ3v) is 3.35. The fourth-order valence-electron chi connectivity index (χ4n) is 2.39. The maximum absolute atomic E-state index is 12.0. The highest BCUT2D eigenvalue weighted by molar-refractivity contribution is 5.77. The monoisotopic (exact) mass is 296 g/mol. The van der Waals surface area contributed by atoms with E-state index in [-0.39, 0.29) is 6.42 Å². The molecule has 8 heteroatoms. The second-order valence-corrected chi connectivity index (χ2v) is 5.02. The van der Waals surface area contributed by atoms with Crippen LogP contribution in [-0.2, 0) is 9.53 Å². The van der Waals surface area contributed by atoms with E-state index in [1.165, 1.54) is 7.11 Å². The van der Waals surface area contributed by atoms with Gasteiger partial charge in [-0.3, -0.25) is 4.79 Å². The Morgan fingerprint density at radius 1 is 1.20 bits per heavy atom. The molecular formula is C12H19F3N2O3. The van der Waals surface area contributed by atoms with Crippen molar-refractivity contribution in [3.05, 3.63) is 0 Å². The number of carbonyl (C=O) groups is 2. The van der Waals surface area contributed by atoms with Gasteiger partial charge in [-0.15, -0.1) is 0 Å². The number of halogens is 3. The van der Waals surface area contributed by atoms with Crippen LogP contribution >= 0.6 is 0 Å². The molecule has 1 saturated carbocycles. The normalized spacial score (nSPS) is 18.2. The summed E-state index contributed by atoms with van der Waals surface area (Å²) in [6, 6.07) is -0.909. The Hall–Kier alpha value is -1.47. The molecule has 1 rings (SSSR count). The lowest BCUT2D eigenvalue weighted by Gasteiger charge is -2.37. The number of ether oxygens (including phenoxy) is 1. The van der Waals surface area contributed by atoms with E-state index in [1.807, 2.05) is 0 Å². The molecule has 2 amide bonds. The van der Waals surface area contributed by atoms with Gasteiger partial charge in [-0.2, -0.15) is 13.2 Å². The van der Waals surface area contributed by atoms with Gasteiger partial charge in [0, 0.05) is 0 Å². The van der Waals surface area contributed by atoms with Gasteiger partial charge in [0.15, 0.2) is 0 Å². The third-order valence-electron chi connectivity index (χ3n) is 3.35. The van der Waals surface area contributed by atoms with E-state index in [0.717, 1.165) is 19.3 Å². The minimum absolute atomic E-state index is 0.0249. The zero-order valence-electron chi connectivity index (χ0n) is 11.3. The van der Waals surface area contributed by atoms with Crippen LogP contribution in [0.4, 0.5) is 18.0 Å². The van der Waals surface area contributed by atoms with Gasteiger partial charge in [-0.25, -0.2) is 4.79 Å². The van der Waals surface area contributed by atoms with Crippen LogP contribution in [0, 0.1) is 0 Å². The van der Waals surface area contributed by atoms with Crippen LogP contribution in [0.2, 0.25) is 0 Å². The number of urea groups is 1. The van der Waals surface area contributed by atoms with Crippen molar-refractivity contribution in [1.29, 1.82) is 0 Å². The number of alkyl halides is 3. The number of hydrogen-bond donors (Lipinski definition) is 2. The van der Waals surface area contributed by atoms with Crippen LogP contribution in [0.1, 0.15) is 38.5 Å². The van der Waals surface area contributed by atoms with Gasteiger partial charge in [0.1, 0.15) is 6.54 Å². The third kappa shape index (κ3) is 5.66. The molecule has 0 saturated heterocycles. The first kappa shape index (κ1) is 16.6. The van der Waals surface area contributed by atoms with Gasteiger partial charge >= 0.3 is 18.2 Å². The highest BCUT2D eigenvalue weighted by atomic mass is 19.4. The Morgan fingerprint density at radius 2 is 1.80 bits per heavy atom. The maximum Gasteiger partial charge on any atom is 0.405 e. The maximum atomic E-state index is 12.0. The van der Waals surface area contributed by atoms with Crippen LogP contribution in [0.15, 0.2) is 0 Å². The summed E-state index contributed by atoms with van der Waals surface area (Å²) < 4.78 is 40.7. The lowest BCUT2D eigenvalue weighted by molar-refractivity contribution is -0.142. The molecule has 1 aliphatic carbocycles. The molecule has 0 atom stereocenters. The van der Waals surface area contributed by atoms with Gasteiger partial charge in [0.2, 0.25) is 0 Å². The molecule has 0 bridgehead atoms. The summed E-state index contributed by atoms with van der Waals surface area (Å²) in [4.78, 5) is 23.0. The number of hydrogen-bond acceptors (Lipinski definition) is 3. The van der Waals surface area contributed by atoms with Gasteiger partial charge < -0.3 is 15.4 Å². The largest absolute Gasteiger partial charge is 0.469 e. The van der Waals surface area contributed by atoms with E-state index < -0.39 is 30.3 Å². The lowest BCUT2D eigenvalue weighted by Crippen LogP contribution is -2.55. The van der Waals surface area contributed by atoms with Crippen molar-refractivity contribution < 1.29 is 27.5 Å². The molecule has 1 aliphatic rings. The van der Waals surface area contributed by atoms with E-state index in [0.29, 0.717) is 12.8 Å². The lowest BCUT2D eigenvalue weighted by atomic mass is 9.79. The molecular weight excluding hydrogens is 277 g/mol. The Bertz CT molecular complexity index is 352. The van der Waals surface area contributed by atoms with Crippen LogP contribution in [0.3, 0.4) is 0 Å². The molecule has 0 aromatic carbocycles. The smallest absolute Gasteiger partial charge is 0.405 e. The Labute approximate surface area is 115 Å². The quantitative estimate of drug-likeness (QED) is 0.781. The molecule has 20 heavy (non-hydrogen) atoms. The van der Waals surface area contributed by atoms with Crippen LogP contribution < -0.4 is 10.6 Å². The van der Waals surface area contributed by atoms with Crippen molar-refractivity contribution in [2.45, 2.75) is 50.2 Å². The number of nitrogens with one attached hydrogen (secondary N) is 2. The first-order chi connectivity index (χ1) is 9.26. The zero-order chi connectivity index (χ0) is 15.2. The standard InChI is InChI=1S/C12H19F3N2O3/c1-20-9(18)7-11(5-3-2-4-6-11)17-10(19)16-8-12(13,14)15/h2-8H2,1H3,(H2,16,17,19). The summed E-state index contributed by atoms with van der Waals surface area (Å²) in [6.07, 6.45) is -0.757. The SMILES string of the molecule is COC(=O)CC1(NC(=O)NCC(F)(F)F)CCCCC1. The molecule has 0 aromatic heterocycles. The summed E-state index contributed by atoms with van der Waals surface area (Å²) in [6.45, 7) is -1.40. The van der Waals surface area contributed by atoms with Gasteiger partial charge in [0.25, 0.3) is 0 Å². The van der Waals surface area contributed by atoms with Crippen molar-refractivity contribution >= 4 is 12.0 Å². The first-order valence-corrected chi connectivity index (χ1v) is 6.46. The molecule has 0 unspecified atom stereocenters. The second-order valence-electron chi connectivity index (χ2n) is 5.02.